The minimum absolute atomic E-state index is 0.359. The van der Waals surface area contributed by atoms with Gasteiger partial charge < -0.3 is 5.32 Å². The fraction of sp³-hybridized carbons (Fsp3) is 1.00. The molecule has 1 unspecified atom stereocenters. The molecule has 0 aliphatic heterocycles. The van der Waals surface area contributed by atoms with Gasteiger partial charge >= 0.3 is 0 Å². The van der Waals surface area contributed by atoms with Crippen LogP contribution < -0.4 is 16.2 Å². The van der Waals surface area contributed by atoms with E-state index in [0.29, 0.717) is 6.17 Å². The second-order valence-corrected chi connectivity index (χ2v) is 3.28. The predicted molar refractivity (Wildman–Crippen MR) is 57.4 cm³/mol. The van der Waals surface area contributed by atoms with Gasteiger partial charge in [-0.05, 0) is 25.8 Å². The summed E-state index contributed by atoms with van der Waals surface area (Å²) < 4.78 is 0. The van der Waals surface area contributed by atoms with Crippen molar-refractivity contribution >= 4 is 0 Å². The molecule has 0 aromatic heterocycles. The van der Waals surface area contributed by atoms with Crippen molar-refractivity contribution in [3.8, 4) is 0 Å². The highest BCUT2D eigenvalue weighted by atomic mass is 15.4. The summed E-state index contributed by atoms with van der Waals surface area (Å²) in [6.07, 6.45) is 5.04. The third-order valence-electron chi connectivity index (χ3n) is 1.91. The lowest BCUT2D eigenvalue weighted by Gasteiger charge is -2.17. The van der Waals surface area contributed by atoms with Crippen LogP contribution in [-0.2, 0) is 0 Å². The first-order valence-electron chi connectivity index (χ1n) is 5.50. The fourth-order valence-corrected chi connectivity index (χ4v) is 1.02. The van der Waals surface area contributed by atoms with Crippen molar-refractivity contribution in [1.82, 2.24) is 16.2 Å². The maximum Gasteiger partial charge on any atom is 0.0717 e. The first kappa shape index (κ1) is 12.9. The van der Waals surface area contributed by atoms with Crippen LogP contribution in [0, 0.1) is 0 Å². The average molecular weight is 186 g/mol. The highest BCUT2D eigenvalue weighted by molar-refractivity contribution is 4.58. The summed E-state index contributed by atoms with van der Waals surface area (Å²) in [5.74, 6) is 0. The Labute approximate surface area is 82.6 Å². The van der Waals surface area contributed by atoms with E-state index in [-0.39, 0.29) is 0 Å². The number of hydrogen-bond donors (Lipinski definition) is 2. The molecule has 0 aliphatic carbocycles. The lowest BCUT2D eigenvalue weighted by atomic mass is 10.3. The van der Waals surface area contributed by atoms with Crippen molar-refractivity contribution in [2.45, 2.75) is 52.6 Å². The topological polar surface area (TPSA) is 38.2 Å². The monoisotopic (exact) mass is 186 g/mol. The third kappa shape index (κ3) is 8.22. The summed E-state index contributed by atoms with van der Waals surface area (Å²) in [6, 6.07) is 0. The summed E-state index contributed by atoms with van der Waals surface area (Å²) in [5, 5.41) is 3.42. The van der Waals surface area contributed by atoms with Gasteiger partial charge in [-0.2, -0.15) is 5.43 Å². The molecule has 13 heavy (non-hydrogen) atoms. The zero-order valence-corrected chi connectivity index (χ0v) is 9.27. The van der Waals surface area contributed by atoms with Crippen molar-refractivity contribution < 1.29 is 0 Å². The lowest BCUT2D eigenvalue weighted by Crippen LogP contribution is -2.46. The Balaban J connectivity index is 3.28. The van der Waals surface area contributed by atoms with E-state index >= 15 is 0 Å². The van der Waals surface area contributed by atoms with Gasteiger partial charge in [0, 0.05) is 6.54 Å². The van der Waals surface area contributed by atoms with Crippen LogP contribution in [0.5, 0.6) is 0 Å². The smallest absolute Gasteiger partial charge is 0.0717 e. The summed E-state index contributed by atoms with van der Waals surface area (Å²) >= 11 is 0. The molecule has 3 nitrogen and oxygen atoms in total. The third-order valence-corrected chi connectivity index (χ3v) is 1.91. The minimum atomic E-state index is 0.359. The Morgan fingerprint density at radius 3 is 2.46 bits per heavy atom. The van der Waals surface area contributed by atoms with Gasteiger partial charge in [0.2, 0.25) is 0 Å². The normalized spacial score (nSPS) is 13.2. The number of rotatable bonds is 9. The summed E-state index contributed by atoms with van der Waals surface area (Å²) in [6.45, 7) is 8.50. The molecule has 2 N–H and O–H groups in total. The van der Waals surface area contributed by atoms with E-state index in [2.05, 4.69) is 36.9 Å². The summed E-state index contributed by atoms with van der Waals surface area (Å²) in [7, 11) is 0. The Morgan fingerprint density at radius 2 is 1.92 bits per heavy atom. The van der Waals surface area contributed by atoms with E-state index in [1.165, 1.54) is 12.8 Å². The molecule has 0 amide bonds. The Bertz CT molecular complexity index is 86.2. The number of nitrogens with zero attached hydrogens (tertiary/aromatic N) is 1. The van der Waals surface area contributed by atoms with Gasteiger partial charge in [0.1, 0.15) is 0 Å². The zero-order valence-electron chi connectivity index (χ0n) is 9.27. The molecule has 0 fully saturated rings. The van der Waals surface area contributed by atoms with E-state index in [9.17, 15) is 0 Å². The van der Waals surface area contributed by atoms with E-state index in [1.54, 1.807) is 0 Å². The molecule has 0 aromatic carbocycles. The standard InChI is InChI=1S/C10H24N3/c1-4-7-9-11-10(6-3)13-12-8-5-2/h10-11,13H,4-9H2,1-3H3. The fourth-order valence-electron chi connectivity index (χ4n) is 1.02. The molecule has 1 atom stereocenters. The highest BCUT2D eigenvalue weighted by Crippen LogP contribution is 1.88. The van der Waals surface area contributed by atoms with Gasteiger partial charge in [-0.3, -0.25) is 0 Å². The van der Waals surface area contributed by atoms with Gasteiger partial charge in [-0.15, -0.1) is 0 Å². The Hall–Kier alpha value is -0.120. The predicted octanol–water partition coefficient (Wildman–Crippen LogP) is 1.63. The maximum absolute atomic E-state index is 4.23. The summed E-state index contributed by atoms with van der Waals surface area (Å²) in [5.41, 5.74) is 7.37. The van der Waals surface area contributed by atoms with Crippen LogP contribution in [0.1, 0.15) is 46.5 Å². The van der Waals surface area contributed by atoms with Crippen LogP contribution in [0.2, 0.25) is 0 Å². The second kappa shape index (κ2) is 9.96. The number of unbranched alkanes of at least 4 members (excludes halogenated alkanes) is 1. The molecule has 0 saturated carbocycles. The molecule has 0 aliphatic rings. The largest absolute Gasteiger partial charge is 0.301 e. The van der Waals surface area contributed by atoms with Crippen molar-refractivity contribution in [3.05, 3.63) is 0 Å². The van der Waals surface area contributed by atoms with E-state index < -0.39 is 0 Å². The molecule has 1 radical (unpaired) electrons. The Kier molecular flexibility index (Phi) is 9.87. The van der Waals surface area contributed by atoms with Crippen molar-refractivity contribution in [3.63, 3.8) is 0 Å². The maximum atomic E-state index is 4.23. The second-order valence-electron chi connectivity index (χ2n) is 3.28. The van der Waals surface area contributed by atoms with E-state index in [4.69, 9.17) is 0 Å². The molecule has 0 rings (SSSR count). The molecule has 0 saturated heterocycles. The molecule has 0 heterocycles. The van der Waals surface area contributed by atoms with E-state index in [1.807, 2.05) is 0 Å². The van der Waals surface area contributed by atoms with Crippen LogP contribution in [0.4, 0.5) is 0 Å². The zero-order chi connectivity index (χ0) is 9.94. The molecule has 3 heteroatoms. The number of nitrogens with one attached hydrogen (secondary N) is 2. The van der Waals surface area contributed by atoms with Crippen molar-refractivity contribution in [2.24, 2.45) is 0 Å². The van der Waals surface area contributed by atoms with Crippen LogP contribution >= 0.6 is 0 Å². The molecule has 79 valence electrons. The molecule has 0 aromatic rings. The first-order valence-corrected chi connectivity index (χ1v) is 5.50. The highest BCUT2D eigenvalue weighted by Gasteiger charge is 2.02. The van der Waals surface area contributed by atoms with Gasteiger partial charge in [0.25, 0.3) is 0 Å². The Morgan fingerprint density at radius 1 is 1.15 bits per heavy atom. The summed E-state index contributed by atoms with van der Waals surface area (Å²) in [4.78, 5) is 0. The van der Waals surface area contributed by atoms with Crippen molar-refractivity contribution in [2.75, 3.05) is 13.1 Å². The average Bonchev–Trinajstić information content (AvgIpc) is 2.16. The quantitative estimate of drug-likeness (QED) is 0.326. The van der Waals surface area contributed by atoms with Gasteiger partial charge in [0.15, 0.2) is 0 Å². The lowest BCUT2D eigenvalue weighted by molar-refractivity contribution is 0.352. The van der Waals surface area contributed by atoms with E-state index in [0.717, 1.165) is 25.9 Å². The van der Waals surface area contributed by atoms with Crippen LogP contribution in [-0.4, -0.2) is 19.3 Å². The van der Waals surface area contributed by atoms with Crippen LogP contribution in [0.25, 0.3) is 0 Å². The first-order chi connectivity index (χ1) is 6.35. The van der Waals surface area contributed by atoms with Crippen molar-refractivity contribution in [1.29, 1.82) is 0 Å². The van der Waals surface area contributed by atoms with Gasteiger partial charge in [0.05, 0.1) is 6.17 Å². The SMILES string of the molecule is CCCCNC(CC)N[N]CCC. The number of hydrogen-bond acceptors (Lipinski definition) is 2. The molecular weight excluding hydrogens is 162 g/mol. The molecule has 0 spiro atoms. The van der Waals surface area contributed by atoms with Crippen LogP contribution in [0.15, 0.2) is 0 Å². The van der Waals surface area contributed by atoms with Crippen LogP contribution in [0.3, 0.4) is 0 Å². The molecular formula is C10H24N3. The van der Waals surface area contributed by atoms with Gasteiger partial charge in [-0.1, -0.05) is 27.2 Å². The molecule has 0 bridgehead atoms. The minimum Gasteiger partial charge on any atom is -0.301 e. The van der Waals surface area contributed by atoms with Gasteiger partial charge in [-0.25, -0.2) is 5.43 Å².